The van der Waals surface area contributed by atoms with Crippen molar-refractivity contribution in [3.8, 4) is 0 Å². The van der Waals surface area contributed by atoms with E-state index in [9.17, 15) is 9.59 Å². The number of hydrogen-bond acceptors (Lipinski definition) is 7. The number of hydrogen-bond donors (Lipinski definition) is 0. The first-order valence-electron chi connectivity index (χ1n) is 13.1. The first-order valence-corrected chi connectivity index (χ1v) is 14.3. The summed E-state index contributed by atoms with van der Waals surface area (Å²) in [5.74, 6) is 1.62. The second kappa shape index (κ2) is 10.8. The molecule has 5 heterocycles. The van der Waals surface area contributed by atoms with E-state index in [0.29, 0.717) is 37.9 Å². The van der Waals surface area contributed by atoms with Gasteiger partial charge in [-0.2, -0.15) is 0 Å². The lowest BCUT2D eigenvalue weighted by Gasteiger charge is -2.33. The lowest BCUT2D eigenvalue weighted by atomic mass is 9.90. The van der Waals surface area contributed by atoms with Gasteiger partial charge in [-0.15, -0.1) is 0 Å². The fraction of sp³-hybridized carbons (Fsp3) is 0.267. The molecule has 0 aliphatic carbocycles. The van der Waals surface area contributed by atoms with E-state index < -0.39 is 0 Å². The highest BCUT2D eigenvalue weighted by Gasteiger charge is 2.34. The number of piperidine rings is 1. The van der Waals surface area contributed by atoms with Crippen LogP contribution in [0.3, 0.4) is 0 Å². The molecule has 39 heavy (non-hydrogen) atoms. The smallest absolute Gasteiger partial charge is 0.267 e. The maximum absolute atomic E-state index is 13.8. The van der Waals surface area contributed by atoms with Gasteiger partial charge >= 0.3 is 0 Å². The number of carbonyl (C=O) groups excluding carboxylic acids is 1. The SMILES string of the molecule is Cc1ccc2nc(N3CCC(Cc4ccccc4)CC3)c(/C=C3/SC(=S)N(Cc4ccco4)C3=O)c(=O)n2c1. The van der Waals surface area contributed by atoms with Gasteiger partial charge in [-0.1, -0.05) is 60.4 Å². The molecule has 0 atom stereocenters. The van der Waals surface area contributed by atoms with E-state index in [1.165, 1.54) is 22.2 Å². The van der Waals surface area contributed by atoms with E-state index in [0.717, 1.165) is 37.9 Å². The lowest BCUT2D eigenvalue weighted by Crippen LogP contribution is -2.37. The first kappa shape index (κ1) is 25.6. The highest BCUT2D eigenvalue weighted by molar-refractivity contribution is 8.26. The van der Waals surface area contributed by atoms with Crippen molar-refractivity contribution in [2.75, 3.05) is 18.0 Å². The molecular formula is C30H28N4O3S2. The molecule has 0 spiro atoms. The van der Waals surface area contributed by atoms with E-state index in [4.69, 9.17) is 21.6 Å². The van der Waals surface area contributed by atoms with Crippen LogP contribution in [0.2, 0.25) is 0 Å². The number of carbonyl (C=O) groups is 1. The minimum Gasteiger partial charge on any atom is -0.467 e. The Morgan fingerprint density at radius 3 is 2.62 bits per heavy atom. The standard InChI is InChI=1S/C30H28N4O3S2/c1-20-9-10-26-31-27(32-13-11-22(12-14-32)16-21-6-3-2-4-7-21)24(28(35)33(26)18-20)17-25-29(36)34(30(38)39-25)19-23-8-5-15-37-23/h2-10,15,17-18,22H,11-14,16,19H2,1H3/b25-17+. The zero-order chi connectivity index (χ0) is 26.9. The minimum atomic E-state index is -0.234. The number of furan rings is 1. The number of anilines is 1. The number of pyridine rings is 1. The van der Waals surface area contributed by atoms with Crippen LogP contribution in [-0.2, 0) is 17.8 Å². The molecule has 1 amide bonds. The third-order valence-electron chi connectivity index (χ3n) is 7.31. The third kappa shape index (κ3) is 5.29. The first-order chi connectivity index (χ1) is 19.0. The molecule has 0 radical (unpaired) electrons. The van der Waals surface area contributed by atoms with Crippen LogP contribution in [0.4, 0.5) is 5.82 Å². The molecule has 3 aromatic heterocycles. The maximum Gasteiger partial charge on any atom is 0.267 e. The van der Waals surface area contributed by atoms with Gasteiger partial charge in [0.25, 0.3) is 11.5 Å². The summed E-state index contributed by atoms with van der Waals surface area (Å²) in [6.07, 6.45) is 8.11. The van der Waals surface area contributed by atoms with Crippen LogP contribution < -0.4 is 10.5 Å². The fourth-order valence-corrected chi connectivity index (χ4v) is 6.47. The maximum atomic E-state index is 13.8. The molecular weight excluding hydrogens is 528 g/mol. The molecule has 198 valence electrons. The number of thioether (sulfide) groups is 1. The van der Waals surface area contributed by atoms with Gasteiger partial charge in [0.2, 0.25) is 0 Å². The van der Waals surface area contributed by atoms with Crippen LogP contribution in [0.15, 0.2) is 81.2 Å². The summed E-state index contributed by atoms with van der Waals surface area (Å²) in [5, 5.41) is 0. The quantitative estimate of drug-likeness (QED) is 0.231. The van der Waals surface area contributed by atoms with E-state index >= 15 is 0 Å². The Morgan fingerprint density at radius 2 is 1.87 bits per heavy atom. The molecule has 0 bridgehead atoms. The van der Waals surface area contributed by atoms with Gasteiger partial charge in [0, 0.05) is 19.3 Å². The summed E-state index contributed by atoms with van der Waals surface area (Å²) in [7, 11) is 0. The van der Waals surface area contributed by atoms with Gasteiger partial charge in [-0.05, 0) is 67.5 Å². The van der Waals surface area contributed by atoms with E-state index in [1.54, 1.807) is 29.0 Å². The number of nitrogens with zero attached hydrogens (tertiary/aromatic N) is 4. The molecule has 1 aromatic carbocycles. The highest BCUT2D eigenvalue weighted by Crippen LogP contribution is 2.35. The molecule has 2 aliphatic heterocycles. The topological polar surface area (TPSA) is 71.1 Å². The van der Waals surface area contributed by atoms with Gasteiger partial charge in [0.05, 0.1) is 23.3 Å². The molecule has 2 fully saturated rings. The van der Waals surface area contributed by atoms with Gasteiger partial charge in [0.1, 0.15) is 21.5 Å². The largest absolute Gasteiger partial charge is 0.467 e. The van der Waals surface area contributed by atoms with Gasteiger partial charge < -0.3 is 9.32 Å². The van der Waals surface area contributed by atoms with Gasteiger partial charge in [0.15, 0.2) is 0 Å². The average molecular weight is 557 g/mol. The zero-order valence-electron chi connectivity index (χ0n) is 21.6. The molecule has 4 aromatic rings. The van der Waals surface area contributed by atoms with Crippen LogP contribution in [0.25, 0.3) is 11.7 Å². The van der Waals surface area contributed by atoms with E-state index in [1.807, 2.05) is 31.2 Å². The predicted molar refractivity (Wildman–Crippen MR) is 159 cm³/mol. The van der Waals surface area contributed by atoms with Crippen LogP contribution in [-0.4, -0.2) is 37.6 Å². The molecule has 2 aliphatic rings. The van der Waals surface area contributed by atoms with Crippen molar-refractivity contribution in [3.63, 3.8) is 0 Å². The van der Waals surface area contributed by atoms with Crippen molar-refractivity contribution in [1.82, 2.24) is 14.3 Å². The summed E-state index contributed by atoms with van der Waals surface area (Å²) < 4.78 is 7.42. The summed E-state index contributed by atoms with van der Waals surface area (Å²) in [6, 6.07) is 18.0. The molecule has 0 unspecified atom stereocenters. The minimum absolute atomic E-state index is 0.193. The van der Waals surface area contributed by atoms with Crippen molar-refractivity contribution < 1.29 is 9.21 Å². The fourth-order valence-electron chi connectivity index (χ4n) is 5.24. The Labute approximate surface area is 236 Å². The van der Waals surface area contributed by atoms with Gasteiger partial charge in [-0.25, -0.2) is 4.98 Å². The number of thiocarbonyl (C=S) groups is 1. The number of fused-ring (bicyclic) bond motifs is 1. The third-order valence-corrected chi connectivity index (χ3v) is 8.69. The normalized spacial score (nSPS) is 17.6. The van der Waals surface area contributed by atoms with Crippen molar-refractivity contribution in [1.29, 1.82) is 0 Å². The van der Waals surface area contributed by atoms with Crippen LogP contribution >= 0.6 is 24.0 Å². The summed E-state index contributed by atoms with van der Waals surface area (Å²) in [6.45, 7) is 3.79. The monoisotopic (exact) mass is 556 g/mol. The van der Waals surface area contributed by atoms with Gasteiger partial charge in [-0.3, -0.25) is 18.9 Å². The van der Waals surface area contributed by atoms with Crippen molar-refractivity contribution in [2.45, 2.75) is 32.7 Å². The predicted octanol–water partition coefficient (Wildman–Crippen LogP) is 5.46. The molecule has 2 saturated heterocycles. The van der Waals surface area contributed by atoms with Crippen molar-refractivity contribution in [3.05, 3.63) is 105 Å². The lowest BCUT2D eigenvalue weighted by molar-refractivity contribution is -0.122. The number of aryl methyl sites for hydroxylation is 1. The van der Waals surface area contributed by atoms with E-state index in [2.05, 4.69) is 29.2 Å². The highest BCUT2D eigenvalue weighted by atomic mass is 32.2. The van der Waals surface area contributed by atoms with Crippen LogP contribution in [0.1, 0.15) is 35.3 Å². The van der Waals surface area contributed by atoms with Crippen molar-refractivity contribution >= 4 is 51.7 Å². The Kier molecular flexibility index (Phi) is 7.10. The molecule has 6 rings (SSSR count). The second-order valence-corrected chi connectivity index (χ2v) is 11.7. The number of rotatable bonds is 6. The Balaban J connectivity index is 1.32. The summed E-state index contributed by atoms with van der Waals surface area (Å²) in [5.41, 5.74) is 3.12. The van der Waals surface area contributed by atoms with E-state index in [-0.39, 0.29) is 18.0 Å². The molecule has 0 N–H and O–H groups in total. The second-order valence-electron chi connectivity index (χ2n) is 10.1. The molecule has 0 saturated carbocycles. The number of amides is 1. The van der Waals surface area contributed by atoms with Crippen molar-refractivity contribution in [2.24, 2.45) is 5.92 Å². The molecule has 9 heteroatoms. The number of aromatic nitrogens is 2. The number of benzene rings is 1. The van der Waals surface area contributed by atoms with Crippen LogP contribution in [0, 0.1) is 12.8 Å². The average Bonchev–Trinajstić information content (AvgIpc) is 3.55. The summed E-state index contributed by atoms with van der Waals surface area (Å²) in [4.78, 5) is 36.2. The van der Waals surface area contributed by atoms with Crippen LogP contribution in [0.5, 0.6) is 0 Å². The summed E-state index contributed by atoms with van der Waals surface area (Å²) >= 11 is 6.72. The Bertz CT molecular complexity index is 1620. The zero-order valence-corrected chi connectivity index (χ0v) is 23.2. The Morgan fingerprint density at radius 1 is 1.08 bits per heavy atom. The molecule has 7 nitrogen and oxygen atoms in total. The Hall–Kier alpha value is -3.69.